The molecule has 0 heterocycles. The quantitative estimate of drug-likeness (QED) is 0.564. The van der Waals surface area contributed by atoms with Crippen LogP contribution in [0.5, 0.6) is 0 Å². The van der Waals surface area contributed by atoms with Crippen molar-refractivity contribution >= 4 is 0 Å². The number of nitrogens with zero attached hydrogens (tertiary/aromatic N) is 1. The van der Waals surface area contributed by atoms with E-state index in [0.29, 0.717) is 6.04 Å². The van der Waals surface area contributed by atoms with Crippen molar-refractivity contribution in [2.45, 2.75) is 64.0 Å². The highest BCUT2D eigenvalue weighted by molar-refractivity contribution is 4.98. The predicted octanol–water partition coefficient (Wildman–Crippen LogP) is 2.37. The van der Waals surface area contributed by atoms with E-state index >= 15 is 0 Å². The lowest BCUT2D eigenvalue weighted by Crippen LogP contribution is -2.59. The van der Waals surface area contributed by atoms with Crippen LogP contribution in [0.4, 0.5) is 0 Å². The van der Waals surface area contributed by atoms with E-state index < -0.39 is 0 Å². The third kappa shape index (κ3) is 2.45. The van der Waals surface area contributed by atoms with Crippen LogP contribution < -0.4 is 11.3 Å². The van der Waals surface area contributed by atoms with Gasteiger partial charge in [-0.15, -0.1) is 0 Å². The third-order valence-corrected chi connectivity index (χ3v) is 6.11. The molecule has 3 nitrogen and oxygen atoms in total. The van der Waals surface area contributed by atoms with Crippen LogP contribution in [0.15, 0.2) is 0 Å². The van der Waals surface area contributed by atoms with Crippen LogP contribution in [-0.2, 0) is 0 Å². The van der Waals surface area contributed by atoms with Crippen LogP contribution in [0.25, 0.3) is 0 Å². The summed E-state index contributed by atoms with van der Waals surface area (Å²) in [5, 5.41) is 0. The second kappa shape index (κ2) is 5.48. The lowest BCUT2D eigenvalue weighted by atomic mass is 9.77. The topological polar surface area (TPSA) is 41.3 Å². The normalized spacial score (nSPS) is 36.0. The molecule has 2 saturated carbocycles. The minimum Gasteiger partial charge on any atom is -0.302 e. The molecule has 2 fully saturated rings. The van der Waals surface area contributed by atoms with E-state index in [1.807, 2.05) is 0 Å². The molecule has 106 valence electrons. The minimum atomic E-state index is 0.163. The summed E-state index contributed by atoms with van der Waals surface area (Å²) in [6, 6.07) is 0.404. The fourth-order valence-electron chi connectivity index (χ4n) is 4.34. The van der Waals surface area contributed by atoms with Crippen molar-refractivity contribution in [2.75, 3.05) is 14.1 Å². The zero-order valence-corrected chi connectivity index (χ0v) is 12.6. The first-order valence-corrected chi connectivity index (χ1v) is 7.64. The SMILES string of the molecule is CCC(C)(C(CC1CC2CCC1C2)NN)N(C)C. The first-order valence-electron chi connectivity index (χ1n) is 7.64. The Morgan fingerprint density at radius 2 is 2.06 bits per heavy atom. The van der Waals surface area contributed by atoms with Gasteiger partial charge in [0.15, 0.2) is 0 Å². The van der Waals surface area contributed by atoms with Gasteiger partial charge in [-0.3, -0.25) is 11.3 Å². The van der Waals surface area contributed by atoms with E-state index in [9.17, 15) is 0 Å². The zero-order chi connectivity index (χ0) is 13.3. The van der Waals surface area contributed by atoms with E-state index in [-0.39, 0.29) is 5.54 Å². The Hall–Kier alpha value is -0.120. The molecule has 18 heavy (non-hydrogen) atoms. The van der Waals surface area contributed by atoms with Gasteiger partial charge in [-0.2, -0.15) is 0 Å². The van der Waals surface area contributed by atoms with Crippen molar-refractivity contribution in [1.82, 2.24) is 10.3 Å². The van der Waals surface area contributed by atoms with E-state index in [0.717, 1.165) is 24.2 Å². The van der Waals surface area contributed by atoms with Crippen LogP contribution in [0, 0.1) is 17.8 Å². The van der Waals surface area contributed by atoms with Crippen LogP contribution in [0.2, 0.25) is 0 Å². The number of likely N-dealkylation sites (N-methyl/N-ethyl adjacent to an activating group) is 1. The molecule has 5 unspecified atom stereocenters. The summed E-state index contributed by atoms with van der Waals surface area (Å²) in [6.45, 7) is 4.61. The highest BCUT2D eigenvalue weighted by atomic mass is 15.3. The van der Waals surface area contributed by atoms with Gasteiger partial charge in [0.2, 0.25) is 0 Å². The van der Waals surface area contributed by atoms with E-state index in [4.69, 9.17) is 5.84 Å². The van der Waals surface area contributed by atoms with Crippen molar-refractivity contribution < 1.29 is 0 Å². The summed E-state index contributed by atoms with van der Waals surface area (Å²) in [5.41, 5.74) is 3.28. The molecule has 0 aromatic rings. The summed E-state index contributed by atoms with van der Waals surface area (Å²) in [7, 11) is 4.35. The molecule has 0 aromatic heterocycles. The van der Waals surface area contributed by atoms with Crippen LogP contribution >= 0.6 is 0 Å². The maximum Gasteiger partial charge on any atom is 0.0394 e. The number of nitrogens with two attached hydrogens (primary N) is 1. The molecule has 2 rings (SSSR count). The molecule has 3 N–H and O–H groups in total. The van der Waals surface area contributed by atoms with Crippen LogP contribution in [0.1, 0.15) is 52.4 Å². The maximum absolute atomic E-state index is 5.87. The van der Waals surface area contributed by atoms with Gasteiger partial charge in [0.25, 0.3) is 0 Å². The average molecular weight is 253 g/mol. The van der Waals surface area contributed by atoms with E-state index in [2.05, 4.69) is 38.3 Å². The molecule has 2 bridgehead atoms. The highest BCUT2D eigenvalue weighted by Gasteiger charge is 2.43. The van der Waals surface area contributed by atoms with Crippen molar-refractivity contribution in [2.24, 2.45) is 23.6 Å². The maximum atomic E-state index is 5.87. The molecular weight excluding hydrogens is 222 g/mol. The molecule has 0 aliphatic heterocycles. The fourth-order valence-corrected chi connectivity index (χ4v) is 4.34. The van der Waals surface area contributed by atoms with Gasteiger partial charge in [0, 0.05) is 11.6 Å². The monoisotopic (exact) mass is 253 g/mol. The summed E-state index contributed by atoms with van der Waals surface area (Å²) in [5.74, 6) is 8.81. The Kier molecular flexibility index (Phi) is 4.35. The van der Waals surface area contributed by atoms with Crippen LogP contribution in [0.3, 0.4) is 0 Å². The van der Waals surface area contributed by atoms with Crippen molar-refractivity contribution in [3.05, 3.63) is 0 Å². The van der Waals surface area contributed by atoms with Gasteiger partial charge < -0.3 is 4.90 Å². The molecular formula is C15H31N3. The summed E-state index contributed by atoms with van der Waals surface area (Å²) in [4.78, 5) is 2.34. The summed E-state index contributed by atoms with van der Waals surface area (Å²) < 4.78 is 0. The molecule has 0 saturated heterocycles. The highest BCUT2D eigenvalue weighted by Crippen LogP contribution is 2.50. The smallest absolute Gasteiger partial charge is 0.0394 e. The van der Waals surface area contributed by atoms with Crippen molar-refractivity contribution in [3.63, 3.8) is 0 Å². The Bertz CT molecular complexity index is 279. The van der Waals surface area contributed by atoms with Gasteiger partial charge in [0.05, 0.1) is 0 Å². The van der Waals surface area contributed by atoms with Gasteiger partial charge in [-0.05, 0) is 70.9 Å². The number of hydrazine groups is 1. The Balaban J connectivity index is 2.00. The minimum absolute atomic E-state index is 0.163. The molecule has 5 atom stereocenters. The third-order valence-electron chi connectivity index (χ3n) is 6.11. The lowest BCUT2D eigenvalue weighted by Gasteiger charge is -2.44. The van der Waals surface area contributed by atoms with Gasteiger partial charge in [0.1, 0.15) is 0 Å². The van der Waals surface area contributed by atoms with Gasteiger partial charge in [-0.1, -0.05) is 13.3 Å². The van der Waals surface area contributed by atoms with Crippen molar-refractivity contribution in [1.29, 1.82) is 0 Å². The zero-order valence-electron chi connectivity index (χ0n) is 12.6. The summed E-state index contributed by atoms with van der Waals surface area (Å²) >= 11 is 0. The molecule has 0 amide bonds. The Morgan fingerprint density at radius 1 is 1.33 bits per heavy atom. The number of nitrogens with one attached hydrogen (secondary N) is 1. The molecule has 0 radical (unpaired) electrons. The first-order chi connectivity index (χ1) is 8.51. The Morgan fingerprint density at radius 3 is 2.44 bits per heavy atom. The van der Waals surface area contributed by atoms with Crippen LogP contribution in [-0.4, -0.2) is 30.6 Å². The van der Waals surface area contributed by atoms with E-state index in [1.54, 1.807) is 0 Å². The number of hydrogen-bond donors (Lipinski definition) is 2. The lowest BCUT2D eigenvalue weighted by molar-refractivity contribution is 0.0910. The predicted molar refractivity (Wildman–Crippen MR) is 77.0 cm³/mol. The number of rotatable bonds is 6. The molecule has 3 heteroatoms. The molecule has 2 aliphatic carbocycles. The van der Waals surface area contributed by atoms with Gasteiger partial charge >= 0.3 is 0 Å². The summed E-state index contributed by atoms with van der Waals surface area (Å²) in [6.07, 6.45) is 8.29. The number of hydrogen-bond acceptors (Lipinski definition) is 3. The van der Waals surface area contributed by atoms with Crippen molar-refractivity contribution in [3.8, 4) is 0 Å². The Labute approximate surface area is 112 Å². The second-order valence-corrected chi connectivity index (χ2v) is 7.00. The second-order valence-electron chi connectivity index (χ2n) is 7.00. The standard InChI is InChI=1S/C15H31N3/c1-5-15(2,18(3)4)14(17-16)10-13-9-11-6-7-12(13)8-11/h11-14,17H,5-10,16H2,1-4H3. The molecule has 2 aliphatic rings. The fraction of sp³-hybridized carbons (Fsp3) is 1.00. The molecule has 0 spiro atoms. The average Bonchev–Trinajstić information content (AvgIpc) is 2.96. The number of fused-ring (bicyclic) bond motifs is 2. The first kappa shape index (κ1) is 14.3. The molecule has 0 aromatic carbocycles. The largest absolute Gasteiger partial charge is 0.302 e. The van der Waals surface area contributed by atoms with E-state index in [1.165, 1.54) is 32.1 Å². The van der Waals surface area contributed by atoms with Gasteiger partial charge in [-0.25, -0.2) is 0 Å².